The van der Waals surface area contributed by atoms with Gasteiger partial charge in [-0.2, -0.15) is 0 Å². The van der Waals surface area contributed by atoms with Gasteiger partial charge in [-0.25, -0.2) is 4.39 Å². The summed E-state index contributed by atoms with van der Waals surface area (Å²) >= 11 is 3.23. The molecule has 1 N–H and O–H groups in total. The quantitative estimate of drug-likeness (QED) is 0.828. The molecule has 1 aromatic carbocycles. The Hall–Kier alpha value is -0.900. The van der Waals surface area contributed by atoms with Crippen molar-refractivity contribution in [3.8, 4) is 0 Å². The molecule has 2 nitrogen and oxygen atoms in total. The van der Waals surface area contributed by atoms with E-state index in [0.717, 1.165) is 12.3 Å². The number of hydrogen-bond acceptors (Lipinski definition) is 1. The molecule has 17 heavy (non-hydrogen) atoms. The first-order valence-electron chi connectivity index (χ1n) is 5.90. The summed E-state index contributed by atoms with van der Waals surface area (Å²) in [4.78, 5) is 11.7. The average Bonchev–Trinajstić information content (AvgIpc) is 3.11. The van der Waals surface area contributed by atoms with E-state index in [1.165, 1.54) is 31.4 Å². The summed E-state index contributed by atoms with van der Waals surface area (Å²) in [6, 6.07) is 4.38. The van der Waals surface area contributed by atoms with Crippen molar-refractivity contribution >= 4 is 21.8 Å². The highest BCUT2D eigenvalue weighted by molar-refractivity contribution is 9.10. The largest absolute Gasteiger partial charge is 0.352 e. The third kappa shape index (κ3) is 3.80. The SMILES string of the molecule is O=C(NCCCC1CC1)c1cc(Br)ccc1F. The Labute approximate surface area is 109 Å². The van der Waals surface area contributed by atoms with E-state index in [1.54, 1.807) is 6.07 Å². The molecule has 1 aliphatic rings. The summed E-state index contributed by atoms with van der Waals surface area (Å²) in [7, 11) is 0. The Morgan fingerprint density at radius 1 is 1.47 bits per heavy atom. The fraction of sp³-hybridized carbons (Fsp3) is 0.462. The summed E-state index contributed by atoms with van der Waals surface area (Å²) in [6.45, 7) is 0.626. The molecule has 1 aliphatic carbocycles. The first-order valence-corrected chi connectivity index (χ1v) is 6.69. The second-order valence-corrected chi connectivity index (χ2v) is 5.38. The minimum Gasteiger partial charge on any atom is -0.352 e. The maximum absolute atomic E-state index is 13.4. The van der Waals surface area contributed by atoms with E-state index in [0.29, 0.717) is 11.0 Å². The summed E-state index contributed by atoms with van der Waals surface area (Å²) in [5, 5.41) is 2.75. The maximum atomic E-state index is 13.4. The molecule has 2 rings (SSSR count). The van der Waals surface area contributed by atoms with Crippen LogP contribution in [0, 0.1) is 11.7 Å². The Morgan fingerprint density at radius 3 is 2.94 bits per heavy atom. The first-order chi connectivity index (χ1) is 8.16. The highest BCUT2D eigenvalue weighted by Crippen LogP contribution is 2.33. The standard InChI is InChI=1S/C13H15BrFNO/c14-10-5-6-12(15)11(8-10)13(17)16-7-1-2-9-3-4-9/h5-6,8-9H,1-4,7H2,(H,16,17). The molecule has 4 heteroatoms. The van der Waals surface area contributed by atoms with Gasteiger partial charge in [-0.1, -0.05) is 28.8 Å². The number of nitrogens with one attached hydrogen (secondary N) is 1. The Kier molecular flexibility index (Phi) is 4.15. The highest BCUT2D eigenvalue weighted by Gasteiger charge is 2.20. The number of carbonyl (C=O) groups excluding carboxylic acids is 1. The van der Waals surface area contributed by atoms with E-state index in [4.69, 9.17) is 0 Å². The molecule has 0 saturated heterocycles. The zero-order valence-electron chi connectivity index (χ0n) is 9.51. The Morgan fingerprint density at radius 2 is 2.24 bits per heavy atom. The van der Waals surface area contributed by atoms with E-state index in [1.807, 2.05) is 0 Å². The molecule has 1 amide bonds. The van der Waals surface area contributed by atoms with Crippen molar-refractivity contribution in [1.29, 1.82) is 0 Å². The topological polar surface area (TPSA) is 29.1 Å². The van der Waals surface area contributed by atoms with E-state index < -0.39 is 5.82 Å². The molecule has 1 saturated carbocycles. The lowest BCUT2D eigenvalue weighted by molar-refractivity contribution is 0.0948. The van der Waals surface area contributed by atoms with Crippen LogP contribution in [0.25, 0.3) is 0 Å². The summed E-state index contributed by atoms with van der Waals surface area (Å²) < 4.78 is 14.1. The second-order valence-electron chi connectivity index (χ2n) is 4.47. The smallest absolute Gasteiger partial charge is 0.254 e. The van der Waals surface area contributed by atoms with Crippen molar-refractivity contribution in [3.63, 3.8) is 0 Å². The van der Waals surface area contributed by atoms with Crippen LogP contribution in [0.2, 0.25) is 0 Å². The molecule has 0 aliphatic heterocycles. The van der Waals surface area contributed by atoms with Crippen LogP contribution in [0.15, 0.2) is 22.7 Å². The number of hydrogen-bond donors (Lipinski definition) is 1. The fourth-order valence-corrected chi connectivity index (χ4v) is 2.13. The van der Waals surface area contributed by atoms with Crippen LogP contribution in [-0.2, 0) is 0 Å². The van der Waals surface area contributed by atoms with Crippen molar-refractivity contribution in [1.82, 2.24) is 5.32 Å². The van der Waals surface area contributed by atoms with Crippen LogP contribution >= 0.6 is 15.9 Å². The van der Waals surface area contributed by atoms with Gasteiger partial charge in [0.2, 0.25) is 0 Å². The maximum Gasteiger partial charge on any atom is 0.254 e. The summed E-state index contributed by atoms with van der Waals surface area (Å²) in [5.74, 6) is 0.0574. The fourth-order valence-electron chi connectivity index (χ4n) is 1.77. The molecule has 0 spiro atoms. The van der Waals surface area contributed by atoms with Gasteiger partial charge in [-0.05, 0) is 37.0 Å². The van der Waals surface area contributed by atoms with Gasteiger partial charge in [0, 0.05) is 11.0 Å². The van der Waals surface area contributed by atoms with Crippen LogP contribution in [-0.4, -0.2) is 12.5 Å². The van der Waals surface area contributed by atoms with Gasteiger partial charge >= 0.3 is 0 Å². The number of rotatable bonds is 5. The van der Waals surface area contributed by atoms with Gasteiger partial charge in [-0.3, -0.25) is 4.79 Å². The van der Waals surface area contributed by atoms with Crippen LogP contribution in [0.1, 0.15) is 36.0 Å². The van der Waals surface area contributed by atoms with Gasteiger partial charge in [-0.15, -0.1) is 0 Å². The van der Waals surface area contributed by atoms with Gasteiger partial charge in [0.25, 0.3) is 5.91 Å². The lowest BCUT2D eigenvalue weighted by atomic mass is 10.2. The minimum absolute atomic E-state index is 0.103. The van der Waals surface area contributed by atoms with Crippen molar-refractivity contribution in [2.45, 2.75) is 25.7 Å². The number of carbonyl (C=O) groups is 1. The lowest BCUT2D eigenvalue weighted by Gasteiger charge is -2.06. The molecule has 0 atom stereocenters. The highest BCUT2D eigenvalue weighted by atomic mass is 79.9. The van der Waals surface area contributed by atoms with E-state index in [-0.39, 0.29) is 11.5 Å². The zero-order valence-corrected chi connectivity index (χ0v) is 11.1. The molecule has 0 radical (unpaired) electrons. The zero-order chi connectivity index (χ0) is 12.3. The van der Waals surface area contributed by atoms with Gasteiger partial charge in [0.05, 0.1) is 5.56 Å². The molecule has 0 heterocycles. The van der Waals surface area contributed by atoms with Crippen LogP contribution in [0.5, 0.6) is 0 Å². The molecule has 0 unspecified atom stereocenters. The van der Waals surface area contributed by atoms with Crippen molar-refractivity contribution < 1.29 is 9.18 Å². The Bertz CT molecular complexity index is 418. The van der Waals surface area contributed by atoms with Crippen molar-refractivity contribution in [2.75, 3.05) is 6.54 Å². The van der Waals surface area contributed by atoms with Crippen molar-refractivity contribution in [2.24, 2.45) is 5.92 Å². The third-order valence-electron chi connectivity index (χ3n) is 2.94. The Balaban J connectivity index is 1.82. The van der Waals surface area contributed by atoms with Gasteiger partial charge < -0.3 is 5.32 Å². The molecule has 1 aromatic rings. The lowest BCUT2D eigenvalue weighted by Crippen LogP contribution is -2.25. The molecule has 92 valence electrons. The van der Waals surface area contributed by atoms with E-state index >= 15 is 0 Å². The average molecular weight is 300 g/mol. The first kappa shape index (κ1) is 12.6. The van der Waals surface area contributed by atoms with Crippen LogP contribution in [0.3, 0.4) is 0 Å². The summed E-state index contributed by atoms with van der Waals surface area (Å²) in [5.41, 5.74) is 0.103. The van der Waals surface area contributed by atoms with E-state index in [2.05, 4.69) is 21.2 Å². The predicted octanol–water partition coefficient (Wildman–Crippen LogP) is 3.51. The minimum atomic E-state index is -0.479. The monoisotopic (exact) mass is 299 g/mol. The molecule has 1 fully saturated rings. The second kappa shape index (κ2) is 5.63. The van der Waals surface area contributed by atoms with Crippen LogP contribution in [0.4, 0.5) is 4.39 Å². The van der Waals surface area contributed by atoms with Crippen LogP contribution < -0.4 is 5.32 Å². The number of halogens is 2. The van der Waals surface area contributed by atoms with Gasteiger partial charge in [0.15, 0.2) is 0 Å². The molecule has 0 bridgehead atoms. The molecule has 0 aromatic heterocycles. The summed E-state index contributed by atoms with van der Waals surface area (Å²) in [6.07, 6.45) is 4.80. The van der Waals surface area contributed by atoms with Gasteiger partial charge in [0.1, 0.15) is 5.82 Å². The predicted molar refractivity (Wildman–Crippen MR) is 68.4 cm³/mol. The molecular formula is C13H15BrFNO. The van der Waals surface area contributed by atoms with E-state index in [9.17, 15) is 9.18 Å². The number of amides is 1. The third-order valence-corrected chi connectivity index (χ3v) is 3.44. The normalized spacial score (nSPS) is 14.7. The molecular weight excluding hydrogens is 285 g/mol. The number of benzene rings is 1. The van der Waals surface area contributed by atoms with Crippen molar-refractivity contribution in [3.05, 3.63) is 34.1 Å².